The number of rotatable bonds is 4. The topological polar surface area (TPSA) is 70.9 Å². The molecule has 0 aliphatic heterocycles. The van der Waals surface area contributed by atoms with Gasteiger partial charge in [0.2, 0.25) is 0 Å². The molecule has 5 nitrogen and oxygen atoms in total. The number of H-pyrrole nitrogens is 1. The summed E-state index contributed by atoms with van der Waals surface area (Å²) in [5.41, 5.74) is 8.27. The number of allylic oxidation sites excluding steroid dienone is 2. The lowest BCUT2D eigenvalue weighted by Crippen LogP contribution is -2.14. The first-order valence-corrected chi connectivity index (χ1v) is 12.5. The van der Waals surface area contributed by atoms with Gasteiger partial charge in [0.25, 0.3) is 0 Å². The molecule has 5 rings (SSSR count). The number of nitrogens with zero attached hydrogens (tertiary/aromatic N) is 2. The van der Waals surface area contributed by atoms with E-state index in [4.69, 9.17) is 0 Å². The molecule has 2 N–H and O–H groups in total. The zero-order valence-corrected chi connectivity index (χ0v) is 20.8. The maximum Gasteiger partial charge on any atom is 0.306 e. The Bertz CT molecular complexity index is 1470. The van der Waals surface area contributed by atoms with E-state index >= 15 is 0 Å². The normalized spacial score (nSPS) is 18.6. The second-order valence-corrected chi connectivity index (χ2v) is 10.2. The molecule has 182 valence electrons. The van der Waals surface area contributed by atoms with Gasteiger partial charge in [-0.3, -0.25) is 9.89 Å². The molecule has 1 unspecified atom stereocenters. The van der Waals surface area contributed by atoms with Crippen LogP contribution in [0.5, 0.6) is 0 Å². The van der Waals surface area contributed by atoms with Gasteiger partial charge in [-0.1, -0.05) is 19.9 Å². The molecule has 2 aromatic carbocycles. The van der Waals surface area contributed by atoms with Crippen LogP contribution in [0.25, 0.3) is 33.1 Å². The highest BCUT2D eigenvalue weighted by Crippen LogP contribution is 2.42. The first-order valence-electron chi connectivity index (χ1n) is 12.5. The van der Waals surface area contributed by atoms with E-state index in [2.05, 4.69) is 46.8 Å². The molecule has 1 aliphatic carbocycles. The molecule has 2 heterocycles. The highest BCUT2D eigenvalue weighted by Gasteiger charge is 2.26. The number of carboxylic acid groups (broad SMARTS) is 1. The Labute approximate surface area is 204 Å². The Kier molecular flexibility index (Phi) is 5.99. The van der Waals surface area contributed by atoms with Crippen LogP contribution in [0.1, 0.15) is 74.4 Å². The number of nitrogens with one attached hydrogen (secondary N) is 1. The molecular weight excluding hydrogens is 441 g/mol. The summed E-state index contributed by atoms with van der Waals surface area (Å²) in [6, 6.07) is 9.68. The summed E-state index contributed by atoms with van der Waals surface area (Å²) in [4.78, 5) is 11.6. The van der Waals surface area contributed by atoms with E-state index in [1.54, 1.807) is 13.0 Å². The third kappa shape index (κ3) is 4.05. The third-order valence-electron chi connectivity index (χ3n) is 7.39. The average molecular weight is 474 g/mol. The summed E-state index contributed by atoms with van der Waals surface area (Å²) < 4.78 is 16.5. The van der Waals surface area contributed by atoms with Gasteiger partial charge in [-0.2, -0.15) is 5.10 Å². The molecule has 1 atom stereocenters. The fourth-order valence-electron chi connectivity index (χ4n) is 5.59. The maximum atomic E-state index is 14.2. The minimum absolute atomic E-state index is 0.208. The van der Waals surface area contributed by atoms with Gasteiger partial charge in [0, 0.05) is 33.4 Å². The van der Waals surface area contributed by atoms with Crippen LogP contribution in [-0.2, 0) is 4.79 Å². The molecule has 0 spiro atoms. The van der Waals surface area contributed by atoms with Crippen molar-refractivity contribution < 1.29 is 14.3 Å². The van der Waals surface area contributed by atoms with Gasteiger partial charge in [-0.15, -0.1) is 0 Å². The van der Waals surface area contributed by atoms with Gasteiger partial charge in [-0.05, 0) is 93.3 Å². The van der Waals surface area contributed by atoms with Crippen molar-refractivity contribution in [3.8, 4) is 5.69 Å². The van der Waals surface area contributed by atoms with Gasteiger partial charge in [0.05, 0.1) is 17.0 Å². The first-order chi connectivity index (χ1) is 16.8. The monoisotopic (exact) mass is 473 g/mol. The summed E-state index contributed by atoms with van der Waals surface area (Å²) in [6.45, 7) is 8.23. The molecule has 0 radical (unpaired) electrons. The summed E-state index contributed by atoms with van der Waals surface area (Å²) >= 11 is 0. The predicted molar refractivity (Wildman–Crippen MR) is 139 cm³/mol. The van der Waals surface area contributed by atoms with E-state index in [9.17, 15) is 14.3 Å². The number of hydrogen-bond donors (Lipinski definition) is 2. The zero-order chi connectivity index (χ0) is 24.9. The molecule has 0 amide bonds. The van der Waals surface area contributed by atoms with Crippen molar-refractivity contribution in [3.05, 3.63) is 64.7 Å². The number of hydrogen-bond acceptors (Lipinski definition) is 2. The molecule has 6 heteroatoms. The van der Waals surface area contributed by atoms with E-state index < -0.39 is 5.97 Å². The fraction of sp³-hybridized carbons (Fsp3) is 0.379. The van der Waals surface area contributed by atoms with Gasteiger partial charge in [0.15, 0.2) is 0 Å². The summed E-state index contributed by atoms with van der Waals surface area (Å²) in [5.74, 6) is -0.951. The lowest BCUT2D eigenvalue weighted by molar-refractivity contribution is -0.142. The number of aliphatic carboxylic acids is 1. The minimum atomic E-state index is -0.690. The second kappa shape index (κ2) is 8.99. The van der Waals surface area contributed by atoms with Crippen LogP contribution >= 0.6 is 0 Å². The Hall–Kier alpha value is -3.41. The van der Waals surface area contributed by atoms with Crippen LogP contribution < -0.4 is 0 Å². The molecule has 35 heavy (non-hydrogen) atoms. The zero-order valence-electron chi connectivity index (χ0n) is 20.8. The van der Waals surface area contributed by atoms with Crippen molar-refractivity contribution in [2.45, 2.75) is 65.7 Å². The van der Waals surface area contributed by atoms with Crippen molar-refractivity contribution in [2.24, 2.45) is 5.92 Å². The second-order valence-electron chi connectivity index (χ2n) is 10.2. The number of aromatic amines is 1. The third-order valence-corrected chi connectivity index (χ3v) is 7.39. The first kappa shape index (κ1) is 23.3. The lowest BCUT2D eigenvalue weighted by Gasteiger charge is -2.20. The van der Waals surface area contributed by atoms with Gasteiger partial charge >= 0.3 is 5.97 Å². The fourth-order valence-corrected chi connectivity index (χ4v) is 5.59. The average Bonchev–Trinajstić information content (AvgIpc) is 3.32. The molecule has 0 bridgehead atoms. The van der Waals surface area contributed by atoms with E-state index in [0.29, 0.717) is 18.4 Å². The molecule has 0 saturated carbocycles. The highest BCUT2D eigenvalue weighted by atomic mass is 19.1. The van der Waals surface area contributed by atoms with E-state index in [0.717, 1.165) is 52.4 Å². The van der Waals surface area contributed by atoms with E-state index in [1.165, 1.54) is 16.8 Å². The lowest BCUT2D eigenvalue weighted by atomic mass is 9.87. The quantitative estimate of drug-likeness (QED) is 0.324. The highest BCUT2D eigenvalue weighted by molar-refractivity contribution is 6.04. The minimum Gasteiger partial charge on any atom is -0.481 e. The summed E-state index contributed by atoms with van der Waals surface area (Å²) in [5, 5.41) is 19.4. The number of carbonyl (C=O) groups is 1. The SMILES string of the molecule is Cc1cc(-n2c(C(C)C)c(/C3=C/CCC(C(=O)O)CCC3)c3cc4n[nH]c(C)c4cc32)ccc1F. The number of aryl methyl sites for hydroxylation is 2. The number of aromatic nitrogens is 3. The predicted octanol–water partition coefficient (Wildman–Crippen LogP) is 7.43. The molecule has 4 aromatic rings. The number of fused-ring (bicyclic) bond motifs is 2. The number of halogens is 1. The Morgan fingerprint density at radius 3 is 2.69 bits per heavy atom. The van der Waals surface area contributed by atoms with Gasteiger partial charge < -0.3 is 9.67 Å². The van der Waals surface area contributed by atoms with Crippen LogP contribution in [0.4, 0.5) is 4.39 Å². The van der Waals surface area contributed by atoms with Gasteiger partial charge in [-0.25, -0.2) is 4.39 Å². The van der Waals surface area contributed by atoms with Crippen LogP contribution in [0.3, 0.4) is 0 Å². The molecular formula is C29H32FN3O2. The van der Waals surface area contributed by atoms with Crippen molar-refractivity contribution in [2.75, 3.05) is 0 Å². The molecule has 2 aromatic heterocycles. The van der Waals surface area contributed by atoms with Crippen LogP contribution in [0, 0.1) is 25.6 Å². The van der Waals surface area contributed by atoms with Crippen LogP contribution in [0.2, 0.25) is 0 Å². The largest absolute Gasteiger partial charge is 0.481 e. The van der Waals surface area contributed by atoms with Crippen molar-refractivity contribution in [1.29, 1.82) is 0 Å². The van der Waals surface area contributed by atoms with Crippen LogP contribution in [0.15, 0.2) is 36.4 Å². The molecule has 1 aliphatic rings. The number of carboxylic acids is 1. The molecule has 0 saturated heterocycles. The Morgan fingerprint density at radius 1 is 1.17 bits per heavy atom. The Morgan fingerprint density at radius 2 is 1.97 bits per heavy atom. The van der Waals surface area contributed by atoms with Crippen LogP contribution in [-0.4, -0.2) is 25.8 Å². The van der Waals surface area contributed by atoms with Crippen molar-refractivity contribution >= 4 is 33.3 Å². The standard InChI is InChI=1S/C29H32FN3O2/c1-16(2)28-27(19-7-5-9-20(29(34)35)10-6-8-19)23-14-25-22(18(4)31-32-25)15-26(23)33(28)21-11-12-24(30)17(3)13-21/h7,11-16,20H,5-6,8-10H2,1-4H3,(H,31,32)(H,34,35)/b19-7+. The van der Waals surface area contributed by atoms with Gasteiger partial charge in [0.1, 0.15) is 5.82 Å². The smallest absolute Gasteiger partial charge is 0.306 e. The number of benzene rings is 2. The molecule has 0 fully saturated rings. The van der Waals surface area contributed by atoms with E-state index in [1.807, 2.05) is 19.1 Å². The van der Waals surface area contributed by atoms with Crippen molar-refractivity contribution in [1.82, 2.24) is 14.8 Å². The Balaban J connectivity index is 1.81. The maximum absolute atomic E-state index is 14.2. The van der Waals surface area contributed by atoms with E-state index in [-0.39, 0.29) is 17.7 Å². The van der Waals surface area contributed by atoms with Crippen molar-refractivity contribution in [3.63, 3.8) is 0 Å². The summed E-state index contributed by atoms with van der Waals surface area (Å²) in [7, 11) is 0. The summed E-state index contributed by atoms with van der Waals surface area (Å²) in [6.07, 6.45) is 6.03.